The minimum absolute atomic E-state index is 0. The molecule has 6 nitrogen and oxygen atoms in total. The molecule has 0 saturated heterocycles. The monoisotopic (exact) mass is 288 g/mol. The Bertz CT molecular complexity index is 4.14. The third kappa shape index (κ3) is 787. The smallest absolute Gasteiger partial charge is 0.693 e. The molecule has 0 rings (SSSR count). The van der Waals surface area contributed by atoms with Crippen LogP contribution >= 0.6 is 0 Å². The second-order valence-corrected chi connectivity index (χ2v) is 0. The van der Waals surface area contributed by atoms with Gasteiger partial charge in [0, 0.05) is 0 Å². The van der Waals surface area contributed by atoms with E-state index in [0.717, 1.165) is 0 Å². The summed E-state index contributed by atoms with van der Waals surface area (Å²) in [5.41, 5.74) is 0. The van der Waals surface area contributed by atoms with Crippen molar-refractivity contribution in [1.29, 1.82) is 0 Å². The van der Waals surface area contributed by atoms with Crippen molar-refractivity contribution in [3.05, 3.63) is 36.9 Å². The fourth-order valence-electron chi connectivity index (χ4n) is 0. The van der Waals surface area contributed by atoms with Gasteiger partial charge >= 0.3 is 19.8 Å². The number of hydrogen-bond acceptors (Lipinski definition) is 0. The molecule has 0 aliphatic carbocycles. The Labute approximate surface area is 57.4 Å². The van der Waals surface area contributed by atoms with Gasteiger partial charge in [-0.05, 0) is 0 Å². The summed E-state index contributed by atoms with van der Waals surface area (Å²) in [5, 5.41) is 0. The Hall–Kier alpha value is 0.396. The molecular weight excluding hydrogens is 274 g/mol. The van der Waals surface area contributed by atoms with Crippen molar-refractivity contribution < 1.29 is 19.8 Å². The van der Waals surface area contributed by atoms with Crippen LogP contribution < -0.4 is 0 Å². The van der Waals surface area contributed by atoms with Crippen molar-refractivity contribution in [3.8, 4) is 0 Å². The topological polar surface area (TPSA) is 201 Å². The van der Waals surface area contributed by atoms with Gasteiger partial charge in [0.05, 0.1) is 0 Å². The van der Waals surface area contributed by atoms with Crippen LogP contribution in [0.4, 0.5) is 0 Å². The second kappa shape index (κ2) is 1190. The van der Waals surface area contributed by atoms with Gasteiger partial charge in [-0.25, -0.2) is 0 Å². The molecule has 7 heavy (non-hydrogen) atoms. The van der Waals surface area contributed by atoms with Crippen LogP contribution in [0.5, 0.6) is 0 Å². The molecule has 0 heterocycles. The molecule has 0 atom stereocenters. The van der Waals surface area contributed by atoms with E-state index in [0.29, 0.717) is 0 Å². The summed E-state index contributed by atoms with van der Waals surface area (Å²) < 4.78 is 0. The van der Waals surface area contributed by atoms with Gasteiger partial charge in [-0.2, -0.15) is 0 Å². The van der Waals surface area contributed by atoms with Crippen LogP contribution in [0.25, 0.3) is 36.9 Å². The van der Waals surface area contributed by atoms with Gasteiger partial charge < -0.3 is 36.9 Å². The molecule has 1 radical (unpaired) electrons. The van der Waals surface area contributed by atoms with E-state index in [-0.39, 0.29) is 56.7 Å². The first-order valence-corrected chi connectivity index (χ1v) is 0. The van der Waals surface area contributed by atoms with Crippen molar-refractivity contribution in [2.45, 2.75) is 0 Å². The minimum atomic E-state index is 0. The Morgan fingerprint density at radius 3 is 0.286 bits per heavy atom. The maximum Gasteiger partial charge on any atom is 5.00 e. The van der Waals surface area contributed by atoms with Gasteiger partial charge in [0.25, 0.3) is 0 Å². The van der Waals surface area contributed by atoms with E-state index in [4.69, 9.17) is 0 Å². The molecule has 0 fully saturated rings. The van der Waals surface area contributed by atoms with E-state index in [1.807, 2.05) is 0 Å². The molecule has 0 aromatic carbocycles. The number of hydrogen-bond donors (Lipinski definition) is 0. The van der Waals surface area contributed by atoms with Crippen LogP contribution in [-0.4, -0.2) is 0 Å². The fourth-order valence-corrected chi connectivity index (χ4v) is 0. The van der Waals surface area contributed by atoms with Gasteiger partial charge in [0.15, 0.2) is 0 Å². The molecule has 7 heteroatoms. The van der Waals surface area contributed by atoms with Gasteiger partial charge in [0.1, 0.15) is 0 Å². The number of rotatable bonds is 0. The molecule has 51 valence electrons. The Morgan fingerprint density at radius 2 is 0.286 bits per heavy atom. The van der Waals surface area contributed by atoms with E-state index >= 15 is 0 Å². The van der Waals surface area contributed by atoms with E-state index in [1.165, 1.54) is 0 Å². The van der Waals surface area contributed by atoms with Crippen LogP contribution in [-0.2, 0) is 19.8 Å². The molecule has 0 aliphatic rings. The third-order valence-corrected chi connectivity index (χ3v) is 0. The zero-order valence-electron chi connectivity index (χ0n) is 3.82. The average molecular weight is 286 g/mol. The molecular formula is H12N6Os-. The zero-order chi connectivity index (χ0) is 0. The van der Waals surface area contributed by atoms with Crippen molar-refractivity contribution in [3.63, 3.8) is 0 Å². The summed E-state index contributed by atoms with van der Waals surface area (Å²) in [6, 6.07) is 0. The molecule has 0 bridgehead atoms. The molecule has 0 aliphatic heterocycles. The molecule has 0 aromatic heterocycles. The van der Waals surface area contributed by atoms with Crippen molar-refractivity contribution in [1.82, 2.24) is 0 Å². The predicted molar refractivity (Wildman–Crippen MR) is 31.7 cm³/mol. The molecule has 12 N–H and O–H groups in total. The van der Waals surface area contributed by atoms with E-state index in [2.05, 4.69) is 0 Å². The van der Waals surface area contributed by atoms with E-state index in [1.54, 1.807) is 0 Å². The molecule has 0 saturated carbocycles. The minimum Gasteiger partial charge on any atom is -0.693 e. The van der Waals surface area contributed by atoms with E-state index in [9.17, 15) is 0 Å². The zero-order valence-corrected chi connectivity index (χ0v) is 6.36. The van der Waals surface area contributed by atoms with Crippen LogP contribution in [0.1, 0.15) is 0 Å². The third-order valence-electron chi connectivity index (χ3n) is 0. The summed E-state index contributed by atoms with van der Waals surface area (Å²) in [4.78, 5) is 0. The maximum atomic E-state index is 0. The standard InChI is InChI=1S/6H2N.Os/h6*1H2;/q6*-1;+5. The Balaban J connectivity index is 0. The summed E-state index contributed by atoms with van der Waals surface area (Å²) >= 11 is 0. The molecule has 0 spiro atoms. The average Bonchev–Trinajstić information content (AvgIpc) is 0. The largest absolute Gasteiger partial charge is 5.00 e. The van der Waals surface area contributed by atoms with Crippen LogP contribution in [0.2, 0.25) is 0 Å². The first-order valence-electron chi connectivity index (χ1n) is 0. The normalized spacial score (nSPS) is 0. The van der Waals surface area contributed by atoms with E-state index < -0.39 is 0 Å². The Kier molecular flexibility index (Phi) is 326000. The predicted octanol–water partition coefficient (Wildman–Crippen LogP) is 4.30. The summed E-state index contributed by atoms with van der Waals surface area (Å²) in [5.74, 6) is 0. The van der Waals surface area contributed by atoms with Crippen molar-refractivity contribution >= 4 is 0 Å². The quantitative estimate of drug-likeness (QED) is 0.610. The van der Waals surface area contributed by atoms with Gasteiger partial charge in [-0.15, -0.1) is 0 Å². The maximum absolute atomic E-state index is 0. The summed E-state index contributed by atoms with van der Waals surface area (Å²) in [6.07, 6.45) is 0. The van der Waals surface area contributed by atoms with Crippen LogP contribution in [0.15, 0.2) is 0 Å². The van der Waals surface area contributed by atoms with Crippen LogP contribution in [0, 0.1) is 0 Å². The van der Waals surface area contributed by atoms with Gasteiger partial charge in [-0.1, -0.05) is 0 Å². The summed E-state index contributed by atoms with van der Waals surface area (Å²) in [6.45, 7) is 0. The van der Waals surface area contributed by atoms with Crippen LogP contribution in [0.3, 0.4) is 0 Å². The van der Waals surface area contributed by atoms with Crippen molar-refractivity contribution in [2.24, 2.45) is 0 Å². The summed E-state index contributed by atoms with van der Waals surface area (Å²) in [7, 11) is 0. The van der Waals surface area contributed by atoms with Gasteiger partial charge in [0.2, 0.25) is 0 Å². The SMILES string of the molecule is [NH2-].[NH2-].[NH2-].[NH2-].[NH2-].[NH2-].[Os+5]. The van der Waals surface area contributed by atoms with Crippen molar-refractivity contribution in [2.75, 3.05) is 0 Å². The Morgan fingerprint density at radius 1 is 0.286 bits per heavy atom. The molecule has 0 amide bonds. The van der Waals surface area contributed by atoms with Gasteiger partial charge in [-0.3, -0.25) is 0 Å². The molecule has 0 aromatic rings. The number of nitrogens with two attached hydrogens (primary N) is 6. The second-order valence-electron chi connectivity index (χ2n) is 0. The molecule has 0 unspecified atom stereocenters. The fraction of sp³-hybridized carbons (Fsp3) is 0. The first kappa shape index (κ1) is 1930. The first-order chi connectivity index (χ1) is 0.